The molecule has 0 aromatic heterocycles. The van der Waals surface area contributed by atoms with E-state index in [-0.39, 0.29) is 24.2 Å². The van der Waals surface area contributed by atoms with E-state index in [4.69, 9.17) is 5.73 Å². The van der Waals surface area contributed by atoms with Crippen LogP contribution < -0.4 is 5.73 Å². The summed E-state index contributed by atoms with van der Waals surface area (Å²) in [6.07, 6.45) is 1.61. The predicted octanol–water partition coefficient (Wildman–Crippen LogP) is 3.52. The molecule has 0 fully saturated rings. The molecule has 1 aromatic rings. The normalized spacial score (nSPS) is 12.0. The summed E-state index contributed by atoms with van der Waals surface area (Å²) in [5.74, 6) is -0.977. The Labute approximate surface area is 103 Å². The number of benzene rings is 1. The molecule has 1 atom stereocenters. The molecular formula is C10H14BrClFNO. The van der Waals surface area contributed by atoms with E-state index in [9.17, 15) is 9.50 Å². The second kappa shape index (κ2) is 6.30. The number of aromatic hydroxyl groups is 1. The Balaban J connectivity index is 0.00000196. The molecule has 0 bridgehead atoms. The number of rotatable bonds is 3. The molecule has 2 nitrogen and oxygen atoms in total. The van der Waals surface area contributed by atoms with Gasteiger partial charge in [-0.1, -0.05) is 29.3 Å². The maximum absolute atomic E-state index is 13.0. The van der Waals surface area contributed by atoms with Crippen LogP contribution in [0.3, 0.4) is 0 Å². The first-order chi connectivity index (χ1) is 6.57. The first kappa shape index (κ1) is 14.7. The largest absolute Gasteiger partial charge is 0.505 e. The van der Waals surface area contributed by atoms with Crippen LogP contribution in [0.2, 0.25) is 0 Å². The highest BCUT2D eigenvalue weighted by Gasteiger charge is 2.16. The summed E-state index contributed by atoms with van der Waals surface area (Å²) in [6.45, 7) is 1.99. The molecule has 1 rings (SSSR count). The highest BCUT2D eigenvalue weighted by atomic mass is 79.9. The number of hydrogen-bond donors (Lipinski definition) is 2. The number of phenolic OH excluding ortho intramolecular Hbond substituents is 1. The molecule has 0 spiro atoms. The molecular weight excluding hydrogens is 284 g/mol. The first-order valence-corrected chi connectivity index (χ1v) is 5.29. The number of halogens is 3. The summed E-state index contributed by atoms with van der Waals surface area (Å²) in [5, 5.41) is 9.49. The predicted molar refractivity (Wildman–Crippen MR) is 64.8 cm³/mol. The third kappa shape index (κ3) is 3.33. The maximum atomic E-state index is 13.0. The Morgan fingerprint density at radius 2 is 2.13 bits per heavy atom. The van der Waals surface area contributed by atoms with Gasteiger partial charge in [-0.3, -0.25) is 0 Å². The van der Waals surface area contributed by atoms with Gasteiger partial charge in [0.2, 0.25) is 0 Å². The second-order valence-electron chi connectivity index (χ2n) is 3.19. The third-order valence-electron chi connectivity index (χ3n) is 2.09. The van der Waals surface area contributed by atoms with Gasteiger partial charge in [0.25, 0.3) is 0 Å². The van der Waals surface area contributed by atoms with Crippen LogP contribution in [0.5, 0.6) is 5.75 Å². The lowest BCUT2D eigenvalue weighted by Crippen LogP contribution is -2.11. The first-order valence-electron chi connectivity index (χ1n) is 4.50. The van der Waals surface area contributed by atoms with Crippen LogP contribution in [-0.2, 0) is 0 Å². The molecule has 0 aliphatic heterocycles. The van der Waals surface area contributed by atoms with Crippen molar-refractivity contribution < 1.29 is 9.50 Å². The van der Waals surface area contributed by atoms with E-state index in [0.29, 0.717) is 10.0 Å². The second-order valence-corrected chi connectivity index (χ2v) is 4.04. The molecule has 86 valence electrons. The van der Waals surface area contributed by atoms with Crippen LogP contribution in [0, 0.1) is 5.82 Å². The Kier molecular flexibility index (Phi) is 6.17. The van der Waals surface area contributed by atoms with Crippen LogP contribution in [0.1, 0.15) is 31.4 Å². The fraction of sp³-hybridized carbons (Fsp3) is 0.400. The Hall–Kier alpha value is -0.320. The average molecular weight is 299 g/mol. The van der Waals surface area contributed by atoms with Gasteiger partial charge in [0.15, 0.2) is 11.6 Å². The summed E-state index contributed by atoms with van der Waals surface area (Å²) in [6, 6.07) is 2.44. The lowest BCUT2D eigenvalue weighted by Gasteiger charge is -2.14. The van der Waals surface area contributed by atoms with Crippen molar-refractivity contribution in [2.45, 2.75) is 25.8 Å². The zero-order valence-electron chi connectivity index (χ0n) is 8.34. The lowest BCUT2D eigenvalue weighted by molar-refractivity contribution is 0.417. The van der Waals surface area contributed by atoms with Gasteiger partial charge in [0, 0.05) is 16.1 Å². The molecule has 15 heavy (non-hydrogen) atoms. The van der Waals surface area contributed by atoms with Crippen molar-refractivity contribution in [1.29, 1.82) is 0 Å². The zero-order valence-corrected chi connectivity index (χ0v) is 10.7. The SMILES string of the molecule is CCC[C@@H](N)c1c(Br)ccc(F)c1O.Cl. The molecule has 0 radical (unpaired) electrons. The van der Waals surface area contributed by atoms with Crippen molar-refractivity contribution in [2.75, 3.05) is 0 Å². The van der Waals surface area contributed by atoms with Gasteiger partial charge >= 0.3 is 0 Å². The minimum Gasteiger partial charge on any atom is -0.505 e. The molecule has 0 aliphatic rings. The van der Waals surface area contributed by atoms with Gasteiger partial charge in [-0.15, -0.1) is 12.4 Å². The smallest absolute Gasteiger partial charge is 0.165 e. The summed E-state index contributed by atoms with van der Waals surface area (Å²) in [7, 11) is 0. The molecule has 0 saturated carbocycles. The molecule has 1 aromatic carbocycles. The van der Waals surface area contributed by atoms with Gasteiger partial charge in [-0.25, -0.2) is 4.39 Å². The molecule has 0 heterocycles. The zero-order chi connectivity index (χ0) is 10.7. The van der Waals surface area contributed by atoms with E-state index >= 15 is 0 Å². The molecule has 0 amide bonds. The van der Waals surface area contributed by atoms with Crippen molar-refractivity contribution in [3.05, 3.63) is 28.0 Å². The van der Waals surface area contributed by atoms with E-state index in [1.165, 1.54) is 6.07 Å². The van der Waals surface area contributed by atoms with Gasteiger partial charge in [0.05, 0.1) is 0 Å². The third-order valence-corrected chi connectivity index (χ3v) is 2.78. The van der Waals surface area contributed by atoms with Gasteiger partial charge in [-0.05, 0) is 18.6 Å². The molecule has 5 heteroatoms. The van der Waals surface area contributed by atoms with Crippen LogP contribution in [-0.4, -0.2) is 5.11 Å². The average Bonchev–Trinajstić information content (AvgIpc) is 2.13. The monoisotopic (exact) mass is 297 g/mol. The Morgan fingerprint density at radius 3 is 2.67 bits per heavy atom. The van der Waals surface area contributed by atoms with E-state index < -0.39 is 5.82 Å². The molecule has 0 saturated heterocycles. The van der Waals surface area contributed by atoms with Crippen LogP contribution in [0.25, 0.3) is 0 Å². The topological polar surface area (TPSA) is 46.2 Å². The van der Waals surface area contributed by atoms with Gasteiger partial charge in [-0.2, -0.15) is 0 Å². The summed E-state index contributed by atoms with van der Waals surface area (Å²) in [4.78, 5) is 0. The Bertz CT molecular complexity index is 335. The molecule has 0 unspecified atom stereocenters. The van der Waals surface area contributed by atoms with Gasteiger partial charge in [0.1, 0.15) is 0 Å². The quantitative estimate of drug-likeness (QED) is 0.897. The number of hydrogen-bond acceptors (Lipinski definition) is 2. The van der Waals surface area contributed by atoms with E-state index in [0.717, 1.165) is 12.8 Å². The minimum absolute atomic E-state index is 0. The van der Waals surface area contributed by atoms with Crippen molar-refractivity contribution in [2.24, 2.45) is 5.73 Å². The standard InChI is InChI=1S/C10H13BrFNO.ClH/c1-2-3-8(13)9-6(11)4-5-7(12)10(9)14;/h4-5,8,14H,2-3,13H2,1H3;1H/t8-;/m1./s1. The molecule has 3 N–H and O–H groups in total. The minimum atomic E-state index is -0.630. The summed E-state index contributed by atoms with van der Waals surface area (Å²) < 4.78 is 13.7. The highest BCUT2D eigenvalue weighted by Crippen LogP contribution is 2.34. The number of nitrogens with two attached hydrogens (primary N) is 1. The summed E-state index contributed by atoms with van der Waals surface area (Å²) in [5.41, 5.74) is 6.27. The Morgan fingerprint density at radius 1 is 1.53 bits per heavy atom. The highest BCUT2D eigenvalue weighted by molar-refractivity contribution is 9.10. The fourth-order valence-corrected chi connectivity index (χ4v) is 1.98. The van der Waals surface area contributed by atoms with E-state index in [1.807, 2.05) is 6.92 Å². The number of phenols is 1. The van der Waals surface area contributed by atoms with Crippen molar-refractivity contribution >= 4 is 28.3 Å². The van der Waals surface area contributed by atoms with Gasteiger partial charge < -0.3 is 10.8 Å². The van der Waals surface area contributed by atoms with E-state index in [1.54, 1.807) is 6.07 Å². The maximum Gasteiger partial charge on any atom is 0.165 e. The fourth-order valence-electron chi connectivity index (χ4n) is 1.36. The lowest BCUT2D eigenvalue weighted by atomic mass is 10.0. The van der Waals surface area contributed by atoms with E-state index in [2.05, 4.69) is 15.9 Å². The summed E-state index contributed by atoms with van der Waals surface area (Å²) >= 11 is 3.25. The molecule has 0 aliphatic carbocycles. The van der Waals surface area contributed by atoms with Crippen LogP contribution >= 0.6 is 28.3 Å². The van der Waals surface area contributed by atoms with Crippen LogP contribution in [0.4, 0.5) is 4.39 Å². The van der Waals surface area contributed by atoms with Crippen molar-refractivity contribution in [3.63, 3.8) is 0 Å². The van der Waals surface area contributed by atoms with Crippen LogP contribution in [0.15, 0.2) is 16.6 Å². The van der Waals surface area contributed by atoms with Crippen molar-refractivity contribution in [1.82, 2.24) is 0 Å². The van der Waals surface area contributed by atoms with Crippen molar-refractivity contribution in [3.8, 4) is 5.75 Å².